The molecule has 0 N–H and O–H groups in total. The van der Waals surface area contributed by atoms with E-state index < -0.39 is 0 Å². The fourth-order valence-corrected chi connectivity index (χ4v) is 15.5. The Hall–Kier alpha value is -0.400. The molecule has 0 heterocycles. The van der Waals surface area contributed by atoms with Crippen LogP contribution < -0.4 is 24.8 Å². The first-order chi connectivity index (χ1) is 19.7. The van der Waals surface area contributed by atoms with Gasteiger partial charge in [0.25, 0.3) is 0 Å². The fourth-order valence-electron chi connectivity index (χ4n) is 10.3. The number of rotatable bonds is 4. The van der Waals surface area contributed by atoms with Crippen LogP contribution in [0.1, 0.15) is 88.5 Å². The van der Waals surface area contributed by atoms with E-state index in [2.05, 4.69) is 155 Å². The van der Waals surface area contributed by atoms with E-state index in [-0.39, 0.29) is 68.2 Å². The molecule has 8 atom stereocenters. The topological polar surface area (TPSA) is 0 Å². The van der Waals surface area contributed by atoms with Crippen LogP contribution in [-0.4, -0.2) is 5.43 Å². The summed E-state index contributed by atoms with van der Waals surface area (Å²) in [6, 6.07) is 3.10. The first kappa shape index (κ1) is 39.8. The van der Waals surface area contributed by atoms with Crippen LogP contribution in [0.25, 0.3) is 0 Å². The van der Waals surface area contributed by atoms with E-state index in [1.807, 2.05) is 35.5 Å². The Labute approximate surface area is 299 Å². The molecule has 0 saturated heterocycles. The minimum atomic E-state index is 0. The summed E-state index contributed by atoms with van der Waals surface area (Å²) in [5.41, 5.74) is 1.93. The van der Waals surface area contributed by atoms with Crippen molar-refractivity contribution in [1.82, 2.24) is 0 Å². The minimum absolute atomic E-state index is 0. The molecule has 8 unspecified atom stereocenters. The molecule has 0 radical (unpaired) electrons. The van der Waals surface area contributed by atoms with Gasteiger partial charge in [0.15, 0.2) is 0 Å². The van der Waals surface area contributed by atoms with Gasteiger partial charge in [-0.3, -0.25) is 6.08 Å². The molecule has 4 heteroatoms. The van der Waals surface area contributed by atoms with Gasteiger partial charge in [0.05, 0.1) is 0 Å². The molecule has 240 valence electrons. The summed E-state index contributed by atoms with van der Waals surface area (Å²) >= 11 is 1.84. The molecule has 0 aromatic heterocycles. The molecule has 6 aliphatic rings. The minimum Gasteiger partial charge on any atom is -1.00 e. The number of fused-ring (bicyclic) bond motifs is 8. The maximum atomic E-state index is 2.99. The molecule has 6 rings (SSSR count). The average molecular weight is 727 g/mol. The Morgan fingerprint density at radius 2 is 1.27 bits per heavy atom. The van der Waals surface area contributed by atoms with Crippen molar-refractivity contribution in [2.24, 2.45) is 43.8 Å². The molecule has 6 aliphatic carbocycles. The molecule has 0 bridgehead atoms. The molecular weight excluding hydrogens is 671 g/mol. The van der Waals surface area contributed by atoms with Crippen molar-refractivity contribution in [3.63, 3.8) is 0 Å². The van der Waals surface area contributed by atoms with Crippen molar-refractivity contribution in [3.8, 4) is 0 Å². The summed E-state index contributed by atoms with van der Waals surface area (Å²) in [5, 5.41) is 0. The molecule has 2 fully saturated rings. The van der Waals surface area contributed by atoms with Gasteiger partial charge in [-0.15, -0.1) is 23.8 Å². The Balaban J connectivity index is 0.000000378. The van der Waals surface area contributed by atoms with E-state index in [1.54, 1.807) is 12.1 Å². The van der Waals surface area contributed by atoms with E-state index in [9.17, 15) is 0 Å². The maximum absolute atomic E-state index is 2.99. The summed E-state index contributed by atoms with van der Waals surface area (Å²) < 4.78 is 0. The van der Waals surface area contributed by atoms with Crippen LogP contribution in [-0.2, 0) is 23.3 Å². The summed E-state index contributed by atoms with van der Waals surface area (Å²) in [6.45, 7) is 24.9. The first-order valence-corrected chi connectivity index (χ1v) is 22.0. The van der Waals surface area contributed by atoms with Crippen molar-refractivity contribution in [1.29, 1.82) is 0 Å². The van der Waals surface area contributed by atoms with Crippen LogP contribution in [0, 0.1) is 56.3 Å². The van der Waals surface area contributed by atoms with E-state index >= 15 is 0 Å². The third-order valence-electron chi connectivity index (χ3n) is 13.7. The van der Waals surface area contributed by atoms with Crippen LogP contribution in [0.3, 0.4) is 0 Å². The SMILES string of the molecule is CC1=CC=CC2[CH-]C3(C)C4(C)C=CC=CC4(C)C4(C)C=CC=CC4(C)C3(C)C12C.CCC[Si](=[Zr+2])CCC.[C-]1=CC=CC1.[Cl-].[Cl-]. The molecule has 0 aromatic rings. The van der Waals surface area contributed by atoms with Crippen LogP contribution >= 0.6 is 0 Å². The molecule has 0 spiro atoms. The van der Waals surface area contributed by atoms with Crippen molar-refractivity contribution < 1.29 is 48.1 Å². The van der Waals surface area contributed by atoms with Crippen LogP contribution in [0.15, 0.2) is 90.6 Å². The zero-order valence-electron chi connectivity index (χ0n) is 29.0. The predicted molar refractivity (Wildman–Crippen MR) is 182 cm³/mol. The normalized spacial score (nSPS) is 42.6. The van der Waals surface area contributed by atoms with Crippen molar-refractivity contribution in [2.75, 3.05) is 0 Å². The molecule has 0 aliphatic heterocycles. The molecule has 0 nitrogen and oxygen atoms in total. The molecule has 44 heavy (non-hydrogen) atoms. The largest absolute Gasteiger partial charge is 1.00 e. The monoisotopic (exact) mass is 724 g/mol. The smallest absolute Gasteiger partial charge is 0.109 e. The summed E-state index contributed by atoms with van der Waals surface area (Å²) in [7, 11) is 0. The quantitative estimate of drug-likeness (QED) is 0.273. The second-order valence-corrected chi connectivity index (χ2v) is 22.2. The molecule has 2 saturated carbocycles. The zero-order chi connectivity index (χ0) is 31.1. The molecule has 0 amide bonds. The predicted octanol–water partition coefficient (Wildman–Crippen LogP) is 5.30. The van der Waals surface area contributed by atoms with Gasteiger partial charge in [0, 0.05) is 10.8 Å². The van der Waals surface area contributed by atoms with Gasteiger partial charge in [-0.1, -0.05) is 115 Å². The zero-order valence-corrected chi connectivity index (χ0v) is 34.0. The Morgan fingerprint density at radius 3 is 1.73 bits per heavy atom. The summed E-state index contributed by atoms with van der Waals surface area (Å²) in [4.78, 5) is 0. The standard InChI is InChI=1S/C29H37.C6H14Si.C5H5.2ClH.Zr/c1-21-14-13-15-22-20-27(6)25(4)18-10-9-16-23(25,2)24(3)17-11-12-19-26(24,5)29(27,8)28(21,22)7;1-3-5-7-6-4-2;1-2-4-5-3-1;;;/h9-20,22H,1-8H3;3-6H2,1-2H3;1-3H,4H2;2*1H;/q-1;;-1;;;+2/p-2. The van der Waals surface area contributed by atoms with Crippen molar-refractivity contribution in [3.05, 3.63) is 103 Å². The van der Waals surface area contributed by atoms with Gasteiger partial charge in [-0.05, 0) is 28.6 Å². The maximum Gasteiger partial charge on any atom is -0.109 e. The van der Waals surface area contributed by atoms with Crippen LogP contribution in [0.5, 0.6) is 0 Å². The second kappa shape index (κ2) is 14.4. The number of allylic oxidation sites excluding steroid dienone is 16. The Morgan fingerprint density at radius 1 is 0.773 bits per heavy atom. The van der Waals surface area contributed by atoms with Crippen LogP contribution in [0.4, 0.5) is 0 Å². The fraction of sp³-hybridized carbons (Fsp3) is 0.575. The van der Waals surface area contributed by atoms with Crippen molar-refractivity contribution >= 4 is 5.43 Å². The van der Waals surface area contributed by atoms with Crippen molar-refractivity contribution in [2.45, 2.75) is 101 Å². The van der Waals surface area contributed by atoms with Gasteiger partial charge in [0.2, 0.25) is 0 Å². The van der Waals surface area contributed by atoms with Gasteiger partial charge in [0.1, 0.15) is 0 Å². The van der Waals surface area contributed by atoms with Gasteiger partial charge >= 0.3 is 67.5 Å². The number of halogens is 2. The van der Waals surface area contributed by atoms with Gasteiger partial charge < -0.3 is 31.2 Å². The third kappa shape index (κ3) is 5.22. The first-order valence-electron chi connectivity index (χ1n) is 16.4. The molecule has 0 aromatic carbocycles. The Kier molecular flexibility index (Phi) is 13.0. The molecular formula is C40H56Cl2SiZr-2. The van der Waals surface area contributed by atoms with E-state index in [4.69, 9.17) is 0 Å². The van der Waals surface area contributed by atoms with E-state index in [0.29, 0.717) is 5.92 Å². The number of hydrogen-bond donors (Lipinski definition) is 0. The van der Waals surface area contributed by atoms with Gasteiger partial charge in [-0.25, -0.2) is 12.2 Å². The van der Waals surface area contributed by atoms with Crippen LogP contribution in [0.2, 0.25) is 12.1 Å². The summed E-state index contributed by atoms with van der Waals surface area (Å²) in [5.74, 6) is 0.460. The average Bonchev–Trinajstić information content (AvgIpc) is 3.59. The number of hydrogen-bond acceptors (Lipinski definition) is 0. The third-order valence-corrected chi connectivity index (χ3v) is 19.6. The Bertz CT molecular complexity index is 1300. The second-order valence-electron chi connectivity index (χ2n) is 14.8. The summed E-state index contributed by atoms with van der Waals surface area (Å²) in [6.07, 6.45) is 42.1. The van der Waals surface area contributed by atoms with E-state index in [1.165, 1.54) is 18.4 Å². The van der Waals surface area contributed by atoms with Gasteiger partial charge in [-0.2, -0.15) is 6.08 Å². The van der Waals surface area contributed by atoms with E-state index in [0.717, 1.165) is 6.42 Å².